The second-order valence-corrected chi connectivity index (χ2v) is 4.80. The maximum Gasteiger partial charge on any atom is 0.342 e. The first-order valence-electron chi connectivity index (χ1n) is 6.98. The Morgan fingerprint density at radius 1 is 0.792 bits per heavy atom. The normalized spacial score (nSPS) is 10.6. The van der Waals surface area contributed by atoms with Crippen LogP contribution in [0.3, 0.4) is 0 Å². The minimum atomic E-state index is -0.683. The summed E-state index contributed by atoms with van der Waals surface area (Å²) in [4.78, 5) is 23.6. The average molecular weight is 328 g/mol. The molecule has 0 saturated carbocycles. The molecule has 0 aliphatic carbocycles. The fourth-order valence-electron chi connectivity index (χ4n) is 2.22. The van der Waals surface area contributed by atoms with Gasteiger partial charge in [0.1, 0.15) is 22.6 Å². The lowest BCUT2D eigenvalue weighted by molar-refractivity contribution is 0.0587. The molecule has 6 nitrogen and oxygen atoms in total. The van der Waals surface area contributed by atoms with Gasteiger partial charge in [0.05, 0.1) is 14.2 Å². The third kappa shape index (κ3) is 3.38. The van der Waals surface area contributed by atoms with Gasteiger partial charge in [-0.25, -0.2) is 9.59 Å². The topological polar surface area (TPSA) is 93.1 Å². The van der Waals surface area contributed by atoms with Gasteiger partial charge in [0, 0.05) is 0 Å². The third-order valence-corrected chi connectivity index (χ3v) is 3.37. The molecular weight excluding hydrogens is 312 g/mol. The molecule has 0 unspecified atom stereocenters. The molecule has 6 heteroatoms. The Labute approximate surface area is 138 Å². The quantitative estimate of drug-likeness (QED) is 0.662. The lowest BCUT2D eigenvalue weighted by Crippen LogP contribution is -2.05. The van der Waals surface area contributed by atoms with Crippen LogP contribution in [-0.2, 0) is 9.47 Å². The van der Waals surface area contributed by atoms with Gasteiger partial charge in [0.25, 0.3) is 0 Å². The molecule has 0 radical (unpaired) electrons. The predicted molar refractivity (Wildman–Crippen MR) is 87.8 cm³/mol. The maximum absolute atomic E-state index is 11.8. The van der Waals surface area contributed by atoms with Crippen LogP contribution in [0.5, 0.6) is 11.5 Å². The SMILES string of the molecule is COC(=O)c1c(O)cccc1C=Cc1cccc(O)c1C(=O)OC. The molecule has 0 heterocycles. The van der Waals surface area contributed by atoms with Crippen LogP contribution in [0.4, 0.5) is 0 Å². The van der Waals surface area contributed by atoms with Crippen LogP contribution in [0.25, 0.3) is 12.2 Å². The molecule has 24 heavy (non-hydrogen) atoms. The van der Waals surface area contributed by atoms with Crippen LogP contribution in [0.15, 0.2) is 36.4 Å². The Morgan fingerprint density at radius 2 is 1.17 bits per heavy atom. The van der Waals surface area contributed by atoms with Crippen LogP contribution in [0.1, 0.15) is 31.8 Å². The molecular formula is C18H16O6. The van der Waals surface area contributed by atoms with Gasteiger partial charge in [-0.05, 0) is 23.3 Å². The Hall–Kier alpha value is -3.28. The van der Waals surface area contributed by atoms with Crippen molar-refractivity contribution < 1.29 is 29.3 Å². The zero-order chi connectivity index (χ0) is 17.7. The van der Waals surface area contributed by atoms with E-state index in [4.69, 9.17) is 0 Å². The van der Waals surface area contributed by atoms with Crippen molar-refractivity contribution in [2.75, 3.05) is 14.2 Å². The summed E-state index contributed by atoms with van der Waals surface area (Å²) in [5.41, 5.74) is 0.828. The highest BCUT2D eigenvalue weighted by Crippen LogP contribution is 2.26. The summed E-state index contributed by atoms with van der Waals surface area (Å²) in [5, 5.41) is 19.7. The number of phenolic OH excluding ortho intramolecular Hbond substituents is 2. The highest BCUT2D eigenvalue weighted by Gasteiger charge is 2.17. The van der Waals surface area contributed by atoms with E-state index in [1.54, 1.807) is 24.3 Å². The molecule has 0 fully saturated rings. The lowest BCUT2D eigenvalue weighted by atomic mass is 10.0. The van der Waals surface area contributed by atoms with E-state index in [2.05, 4.69) is 9.47 Å². The van der Waals surface area contributed by atoms with Crippen molar-refractivity contribution in [1.29, 1.82) is 0 Å². The van der Waals surface area contributed by atoms with E-state index in [1.165, 1.54) is 38.5 Å². The molecule has 2 N–H and O–H groups in total. The number of esters is 2. The van der Waals surface area contributed by atoms with E-state index in [0.717, 1.165) is 0 Å². The fourth-order valence-corrected chi connectivity index (χ4v) is 2.22. The van der Waals surface area contributed by atoms with Crippen LogP contribution < -0.4 is 0 Å². The molecule has 0 spiro atoms. The van der Waals surface area contributed by atoms with Gasteiger partial charge in [-0.2, -0.15) is 0 Å². The molecule has 0 bridgehead atoms. The molecule has 0 aliphatic rings. The average Bonchev–Trinajstić information content (AvgIpc) is 2.58. The highest BCUT2D eigenvalue weighted by molar-refractivity contribution is 6.00. The Morgan fingerprint density at radius 3 is 1.50 bits per heavy atom. The Balaban J connectivity index is 2.51. The van der Waals surface area contributed by atoms with Gasteiger partial charge in [-0.15, -0.1) is 0 Å². The van der Waals surface area contributed by atoms with Gasteiger partial charge < -0.3 is 19.7 Å². The summed E-state index contributed by atoms with van der Waals surface area (Å²) < 4.78 is 9.32. The predicted octanol–water partition coefficient (Wildman–Crippen LogP) is 2.84. The second kappa shape index (κ2) is 7.32. The van der Waals surface area contributed by atoms with Gasteiger partial charge in [0.2, 0.25) is 0 Å². The number of rotatable bonds is 4. The number of aromatic hydroxyl groups is 2. The molecule has 0 amide bonds. The summed E-state index contributed by atoms with van der Waals surface area (Å²) in [6.45, 7) is 0. The summed E-state index contributed by atoms with van der Waals surface area (Å²) in [6, 6.07) is 9.12. The summed E-state index contributed by atoms with van der Waals surface area (Å²) in [6.07, 6.45) is 3.07. The van der Waals surface area contributed by atoms with Gasteiger partial charge in [-0.3, -0.25) is 0 Å². The molecule has 0 saturated heterocycles. The summed E-state index contributed by atoms with van der Waals surface area (Å²) in [5.74, 6) is -1.80. The number of methoxy groups -OCH3 is 2. The first-order valence-corrected chi connectivity index (χ1v) is 6.98. The number of hydrogen-bond acceptors (Lipinski definition) is 6. The number of benzene rings is 2. The Kier molecular flexibility index (Phi) is 5.21. The number of carbonyl (C=O) groups is 2. The number of phenols is 2. The zero-order valence-electron chi connectivity index (χ0n) is 13.1. The molecule has 0 aromatic heterocycles. The number of ether oxygens (including phenoxy) is 2. The molecule has 124 valence electrons. The van der Waals surface area contributed by atoms with E-state index >= 15 is 0 Å². The van der Waals surface area contributed by atoms with Crippen LogP contribution in [-0.4, -0.2) is 36.4 Å². The molecule has 2 rings (SSSR count). The molecule has 2 aromatic rings. The maximum atomic E-state index is 11.8. The van der Waals surface area contributed by atoms with Crippen molar-refractivity contribution in [3.63, 3.8) is 0 Å². The molecule has 0 atom stereocenters. The number of carbonyl (C=O) groups excluding carboxylic acids is 2. The van der Waals surface area contributed by atoms with Gasteiger partial charge in [-0.1, -0.05) is 36.4 Å². The van der Waals surface area contributed by atoms with Gasteiger partial charge >= 0.3 is 11.9 Å². The van der Waals surface area contributed by atoms with E-state index in [9.17, 15) is 19.8 Å². The smallest absolute Gasteiger partial charge is 0.342 e. The van der Waals surface area contributed by atoms with E-state index in [-0.39, 0.29) is 22.6 Å². The summed E-state index contributed by atoms with van der Waals surface area (Å²) in [7, 11) is 2.43. The standard InChI is InChI=1S/C18H16O6/c1-23-17(21)15-11(5-3-7-13(15)19)9-10-12-6-4-8-14(20)16(12)18(22)24-2/h3-10,19-20H,1-2H3. The molecule has 0 aliphatic heterocycles. The fraction of sp³-hybridized carbons (Fsp3) is 0.111. The van der Waals surface area contributed by atoms with Crippen molar-refractivity contribution in [2.45, 2.75) is 0 Å². The molecule has 2 aromatic carbocycles. The van der Waals surface area contributed by atoms with E-state index in [0.29, 0.717) is 11.1 Å². The number of hydrogen-bond donors (Lipinski definition) is 2. The minimum Gasteiger partial charge on any atom is -0.507 e. The zero-order valence-corrected chi connectivity index (χ0v) is 13.1. The van der Waals surface area contributed by atoms with E-state index in [1.807, 2.05) is 0 Å². The van der Waals surface area contributed by atoms with Crippen LogP contribution in [0.2, 0.25) is 0 Å². The lowest BCUT2D eigenvalue weighted by Gasteiger charge is -2.08. The first kappa shape index (κ1) is 17.1. The third-order valence-electron chi connectivity index (χ3n) is 3.37. The summed E-state index contributed by atoms with van der Waals surface area (Å²) >= 11 is 0. The van der Waals surface area contributed by atoms with Crippen molar-refractivity contribution >= 4 is 24.1 Å². The van der Waals surface area contributed by atoms with Crippen LogP contribution >= 0.6 is 0 Å². The monoisotopic (exact) mass is 328 g/mol. The van der Waals surface area contributed by atoms with Crippen LogP contribution in [0, 0.1) is 0 Å². The van der Waals surface area contributed by atoms with Gasteiger partial charge in [0.15, 0.2) is 0 Å². The van der Waals surface area contributed by atoms with E-state index < -0.39 is 11.9 Å². The first-order chi connectivity index (χ1) is 11.5. The second-order valence-electron chi connectivity index (χ2n) is 4.80. The largest absolute Gasteiger partial charge is 0.507 e. The highest BCUT2D eigenvalue weighted by atomic mass is 16.5. The Bertz CT molecular complexity index is 740. The minimum absolute atomic E-state index is 0.0102. The van der Waals surface area contributed by atoms with Crippen molar-refractivity contribution in [2.24, 2.45) is 0 Å². The van der Waals surface area contributed by atoms with Crippen molar-refractivity contribution in [3.8, 4) is 11.5 Å². The van der Waals surface area contributed by atoms with Crippen molar-refractivity contribution in [1.82, 2.24) is 0 Å². The van der Waals surface area contributed by atoms with Crippen molar-refractivity contribution in [3.05, 3.63) is 58.7 Å².